The molecule has 1 unspecified atom stereocenters. The molecule has 3 rings (SSSR count). The van der Waals surface area contributed by atoms with Crippen LogP contribution in [0.2, 0.25) is 5.02 Å². The lowest BCUT2D eigenvalue weighted by Crippen LogP contribution is -2.38. The molecule has 0 spiro atoms. The van der Waals surface area contributed by atoms with E-state index in [1.54, 1.807) is 19.2 Å². The van der Waals surface area contributed by atoms with Crippen LogP contribution < -0.4 is 4.74 Å². The van der Waals surface area contributed by atoms with Crippen molar-refractivity contribution in [2.45, 2.75) is 26.3 Å². The normalized spacial score (nSPS) is 17.9. The summed E-state index contributed by atoms with van der Waals surface area (Å²) in [6.45, 7) is 4.14. The maximum atomic E-state index is 13.0. The highest BCUT2D eigenvalue weighted by molar-refractivity contribution is 6.30. The van der Waals surface area contributed by atoms with Crippen LogP contribution in [-0.2, 0) is 6.54 Å². The number of halogens is 1. The zero-order chi connectivity index (χ0) is 18.7. The second kappa shape index (κ2) is 8.11. The number of Topliss-reactive ketones (excluding diaryl/α,β-unsaturated/α-hetero) is 1. The zero-order valence-electron chi connectivity index (χ0n) is 15.2. The van der Waals surface area contributed by atoms with Gasteiger partial charge in [-0.05, 0) is 56.1 Å². The first kappa shape index (κ1) is 18.7. The van der Waals surface area contributed by atoms with Crippen LogP contribution in [0.15, 0.2) is 36.4 Å². The Balaban J connectivity index is 1.72. The van der Waals surface area contributed by atoms with Crippen molar-refractivity contribution in [3.05, 3.63) is 58.1 Å². The predicted molar refractivity (Wildman–Crippen MR) is 103 cm³/mol. The number of hydrogen-bond acceptors (Lipinski definition) is 4. The van der Waals surface area contributed by atoms with E-state index < -0.39 is 0 Å². The third kappa shape index (κ3) is 4.02. The highest BCUT2D eigenvalue weighted by atomic mass is 35.5. The average Bonchev–Trinajstić information content (AvgIpc) is 2.63. The SMILES string of the molecule is COc1cccc(CN2CCCC(C(=O)c3ccc(Cl)cc3C)C2)c1O. The number of methoxy groups -OCH3 is 1. The van der Waals surface area contributed by atoms with Gasteiger partial charge in [0.2, 0.25) is 0 Å². The molecule has 0 aromatic heterocycles. The number of ether oxygens (including phenoxy) is 1. The molecule has 5 heteroatoms. The molecule has 1 saturated heterocycles. The Morgan fingerprint density at radius 2 is 2.15 bits per heavy atom. The molecule has 2 aromatic rings. The van der Waals surface area contributed by atoms with Gasteiger partial charge in [0, 0.05) is 35.2 Å². The number of rotatable bonds is 5. The molecular formula is C21H24ClNO3. The van der Waals surface area contributed by atoms with Crippen LogP contribution in [0, 0.1) is 12.8 Å². The van der Waals surface area contributed by atoms with Gasteiger partial charge in [-0.2, -0.15) is 0 Å². The summed E-state index contributed by atoms with van der Waals surface area (Å²) >= 11 is 6.01. The highest BCUT2D eigenvalue weighted by Crippen LogP contribution is 2.32. The smallest absolute Gasteiger partial charge is 0.167 e. The molecular weight excluding hydrogens is 350 g/mol. The Morgan fingerprint density at radius 3 is 2.88 bits per heavy atom. The van der Waals surface area contributed by atoms with Gasteiger partial charge in [-0.1, -0.05) is 23.7 Å². The number of carbonyl (C=O) groups is 1. The van der Waals surface area contributed by atoms with E-state index >= 15 is 0 Å². The molecule has 0 amide bonds. The lowest BCUT2D eigenvalue weighted by molar-refractivity contribution is 0.0810. The number of ketones is 1. The van der Waals surface area contributed by atoms with E-state index in [1.807, 2.05) is 31.2 Å². The number of carbonyl (C=O) groups excluding carboxylic acids is 1. The van der Waals surface area contributed by atoms with Crippen molar-refractivity contribution in [1.82, 2.24) is 4.90 Å². The molecule has 1 heterocycles. The van der Waals surface area contributed by atoms with Crippen LogP contribution in [0.5, 0.6) is 11.5 Å². The van der Waals surface area contributed by atoms with Crippen molar-refractivity contribution in [3.8, 4) is 11.5 Å². The lowest BCUT2D eigenvalue weighted by Gasteiger charge is -2.32. The van der Waals surface area contributed by atoms with E-state index in [9.17, 15) is 9.90 Å². The van der Waals surface area contributed by atoms with E-state index in [1.165, 1.54) is 0 Å². The summed E-state index contributed by atoms with van der Waals surface area (Å²) in [5.74, 6) is 0.802. The number of nitrogens with zero attached hydrogens (tertiary/aromatic N) is 1. The molecule has 0 aliphatic carbocycles. The van der Waals surface area contributed by atoms with Gasteiger partial charge in [-0.15, -0.1) is 0 Å². The molecule has 1 aliphatic rings. The largest absolute Gasteiger partial charge is 0.504 e. The van der Waals surface area contributed by atoms with Crippen LogP contribution in [0.1, 0.15) is 34.3 Å². The minimum Gasteiger partial charge on any atom is -0.504 e. The van der Waals surface area contributed by atoms with Crippen molar-refractivity contribution in [2.24, 2.45) is 5.92 Å². The van der Waals surface area contributed by atoms with E-state index in [0.29, 0.717) is 23.9 Å². The summed E-state index contributed by atoms with van der Waals surface area (Å²) < 4.78 is 5.18. The van der Waals surface area contributed by atoms with Crippen molar-refractivity contribution in [1.29, 1.82) is 0 Å². The summed E-state index contributed by atoms with van der Waals surface area (Å²) in [6.07, 6.45) is 1.86. The second-order valence-corrected chi connectivity index (χ2v) is 7.30. The van der Waals surface area contributed by atoms with Crippen molar-refractivity contribution in [2.75, 3.05) is 20.2 Å². The van der Waals surface area contributed by atoms with E-state index in [0.717, 1.165) is 36.1 Å². The fourth-order valence-electron chi connectivity index (χ4n) is 3.64. The first-order chi connectivity index (χ1) is 12.5. The minimum atomic E-state index is -0.0311. The summed E-state index contributed by atoms with van der Waals surface area (Å²) in [4.78, 5) is 15.2. The molecule has 1 N–H and O–H groups in total. The van der Waals surface area contributed by atoms with Gasteiger partial charge in [-0.3, -0.25) is 9.69 Å². The third-order valence-corrected chi connectivity index (χ3v) is 5.26. The fourth-order valence-corrected chi connectivity index (χ4v) is 3.86. The highest BCUT2D eigenvalue weighted by Gasteiger charge is 2.28. The predicted octanol–water partition coefficient (Wildman–Crippen LogP) is 4.46. The van der Waals surface area contributed by atoms with Gasteiger partial charge in [0.25, 0.3) is 0 Å². The Bertz CT molecular complexity index is 806. The number of likely N-dealkylation sites (tertiary alicyclic amines) is 1. The standard InChI is InChI=1S/C21H24ClNO3/c1-14-11-17(22)8-9-18(14)20(24)15-6-4-10-23(12-15)13-16-5-3-7-19(26-2)21(16)25/h3,5,7-9,11,15,25H,4,6,10,12-13H2,1-2H3. The summed E-state index contributed by atoms with van der Waals surface area (Å²) in [5.41, 5.74) is 2.50. The first-order valence-electron chi connectivity index (χ1n) is 8.87. The van der Waals surface area contributed by atoms with Gasteiger partial charge in [0.05, 0.1) is 7.11 Å². The molecule has 0 saturated carbocycles. The number of phenols is 1. The van der Waals surface area contributed by atoms with E-state index in [4.69, 9.17) is 16.3 Å². The number of piperidine rings is 1. The van der Waals surface area contributed by atoms with Gasteiger partial charge in [-0.25, -0.2) is 0 Å². The minimum absolute atomic E-state index is 0.0311. The molecule has 26 heavy (non-hydrogen) atoms. The van der Waals surface area contributed by atoms with E-state index in [2.05, 4.69) is 4.90 Å². The average molecular weight is 374 g/mol. The molecule has 2 aromatic carbocycles. The van der Waals surface area contributed by atoms with Gasteiger partial charge < -0.3 is 9.84 Å². The molecule has 1 fully saturated rings. The summed E-state index contributed by atoms with van der Waals surface area (Å²) in [6, 6.07) is 10.9. The van der Waals surface area contributed by atoms with Gasteiger partial charge in [0.15, 0.2) is 17.3 Å². The second-order valence-electron chi connectivity index (χ2n) is 6.87. The molecule has 1 atom stereocenters. The van der Waals surface area contributed by atoms with Crippen molar-refractivity contribution >= 4 is 17.4 Å². The van der Waals surface area contributed by atoms with E-state index in [-0.39, 0.29) is 17.5 Å². The number of benzene rings is 2. The summed E-state index contributed by atoms with van der Waals surface area (Å²) in [5, 5.41) is 11.0. The maximum Gasteiger partial charge on any atom is 0.167 e. The quantitative estimate of drug-likeness (QED) is 0.786. The number of hydrogen-bond donors (Lipinski definition) is 1. The monoisotopic (exact) mass is 373 g/mol. The van der Waals surface area contributed by atoms with Crippen molar-refractivity contribution < 1.29 is 14.6 Å². The molecule has 0 bridgehead atoms. The Hall–Kier alpha value is -2.04. The summed E-state index contributed by atoms with van der Waals surface area (Å²) in [7, 11) is 1.54. The Kier molecular flexibility index (Phi) is 5.84. The van der Waals surface area contributed by atoms with Crippen LogP contribution in [0.4, 0.5) is 0 Å². The van der Waals surface area contributed by atoms with Crippen LogP contribution >= 0.6 is 11.6 Å². The first-order valence-corrected chi connectivity index (χ1v) is 9.25. The van der Waals surface area contributed by atoms with Gasteiger partial charge in [0.1, 0.15) is 0 Å². The van der Waals surface area contributed by atoms with Crippen LogP contribution in [0.3, 0.4) is 0 Å². The Labute approximate surface area is 159 Å². The topological polar surface area (TPSA) is 49.8 Å². The fraction of sp³-hybridized carbons (Fsp3) is 0.381. The molecule has 138 valence electrons. The van der Waals surface area contributed by atoms with Crippen molar-refractivity contribution in [3.63, 3.8) is 0 Å². The van der Waals surface area contributed by atoms with Gasteiger partial charge >= 0.3 is 0 Å². The number of aryl methyl sites for hydroxylation is 1. The van der Waals surface area contributed by atoms with Crippen LogP contribution in [0.25, 0.3) is 0 Å². The zero-order valence-corrected chi connectivity index (χ0v) is 15.9. The Morgan fingerprint density at radius 1 is 1.35 bits per heavy atom. The number of phenolic OH excluding ortho intramolecular Hbond substituents is 1. The lowest BCUT2D eigenvalue weighted by atomic mass is 9.88. The molecule has 1 aliphatic heterocycles. The maximum absolute atomic E-state index is 13.0. The number of para-hydroxylation sites is 1. The third-order valence-electron chi connectivity index (χ3n) is 5.03. The number of aromatic hydroxyl groups is 1. The molecule has 0 radical (unpaired) electrons. The molecule has 4 nitrogen and oxygen atoms in total. The van der Waals surface area contributed by atoms with Crippen LogP contribution in [-0.4, -0.2) is 36.0 Å².